The molecule has 0 saturated carbocycles. The van der Waals surface area contributed by atoms with Gasteiger partial charge in [0.25, 0.3) is 0 Å². The minimum atomic E-state index is -0.957. The molecule has 1 unspecified atom stereocenters. The summed E-state index contributed by atoms with van der Waals surface area (Å²) in [5.74, 6) is -1.01. The number of amides is 1. The Labute approximate surface area is 98.6 Å². The number of carbonyl (C=O) groups is 2. The molecule has 0 spiro atoms. The monoisotopic (exact) mass is 237 g/mol. The zero-order valence-electron chi connectivity index (χ0n) is 9.64. The van der Waals surface area contributed by atoms with E-state index in [2.05, 4.69) is 10.4 Å². The van der Waals surface area contributed by atoms with Crippen LogP contribution in [0.15, 0.2) is 6.20 Å². The molecule has 1 aliphatic rings. The van der Waals surface area contributed by atoms with Gasteiger partial charge in [0.15, 0.2) is 0 Å². The zero-order valence-corrected chi connectivity index (χ0v) is 9.64. The van der Waals surface area contributed by atoms with Gasteiger partial charge in [-0.2, -0.15) is 5.10 Å². The molecule has 1 atom stereocenters. The lowest BCUT2D eigenvalue weighted by Gasteiger charge is -2.24. The third-order valence-electron chi connectivity index (χ3n) is 3.02. The fourth-order valence-electron chi connectivity index (χ4n) is 2.26. The van der Waals surface area contributed by atoms with Crippen LogP contribution >= 0.6 is 0 Å². The number of nitrogens with one attached hydrogen (secondary N) is 1. The zero-order chi connectivity index (χ0) is 12.4. The number of fused-ring (bicyclic) bond motifs is 1. The molecule has 1 aliphatic heterocycles. The molecule has 17 heavy (non-hydrogen) atoms. The molecule has 6 nitrogen and oxygen atoms in total. The SMILES string of the molecule is CC(=O)NCC1CCCn2ncc(C(=O)O)c21. The topological polar surface area (TPSA) is 84.2 Å². The van der Waals surface area contributed by atoms with Gasteiger partial charge in [-0.1, -0.05) is 0 Å². The van der Waals surface area contributed by atoms with Crippen LogP contribution in [0.3, 0.4) is 0 Å². The predicted molar refractivity (Wildman–Crippen MR) is 59.8 cm³/mol. The van der Waals surface area contributed by atoms with Gasteiger partial charge in [-0.25, -0.2) is 4.79 Å². The third kappa shape index (κ3) is 2.30. The fraction of sp³-hybridized carbons (Fsp3) is 0.545. The highest BCUT2D eigenvalue weighted by Crippen LogP contribution is 2.29. The Morgan fingerprint density at radius 1 is 1.65 bits per heavy atom. The van der Waals surface area contributed by atoms with Crippen molar-refractivity contribution in [3.05, 3.63) is 17.5 Å². The van der Waals surface area contributed by atoms with E-state index in [9.17, 15) is 9.59 Å². The molecule has 1 aromatic heterocycles. The Bertz CT molecular complexity index is 453. The molecule has 0 aliphatic carbocycles. The van der Waals surface area contributed by atoms with E-state index in [1.54, 1.807) is 4.68 Å². The molecular weight excluding hydrogens is 222 g/mol. The van der Waals surface area contributed by atoms with Gasteiger partial charge in [-0.3, -0.25) is 9.48 Å². The Hall–Kier alpha value is -1.85. The second-order valence-electron chi connectivity index (χ2n) is 4.25. The maximum Gasteiger partial charge on any atom is 0.339 e. The highest BCUT2D eigenvalue weighted by molar-refractivity contribution is 5.89. The van der Waals surface area contributed by atoms with Crippen LogP contribution in [0, 0.1) is 0 Å². The number of aromatic nitrogens is 2. The molecule has 2 rings (SSSR count). The summed E-state index contributed by atoms with van der Waals surface area (Å²) >= 11 is 0. The predicted octanol–water partition coefficient (Wildman–Crippen LogP) is 0.595. The Morgan fingerprint density at radius 3 is 3.06 bits per heavy atom. The van der Waals surface area contributed by atoms with Crippen molar-refractivity contribution in [3.8, 4) is 0 Å². The van der Waals surface area contributed by atoms with Gasteiger partial charge in [-0.05, 0) is 12.8 Å². The molecule has 1 amide bonds. The number of hydrogen-bond acceptors (Lipinski definition) is 3. The minimum Gasteiger partial charge on any atom is -0.478 e. The average molecular weight is 237 g/mol. The molecule has 0 aromatic carbocycles. The van der Waals surface area contributed by atoms with Crippen LogP contribution < -0.4 is 5.32 Å². The molecule has 2 heterocycles. The van der Waals surface area contributed by atoms with Crippen LogP contribution in [-0.2, 0) is 11.3 Å². The van der Waals surface area contributed by atoms with Crippen molar-refractivity contribution in [2.24, 2.45) is 0 Å². The van der Waals surface area contributed by atoms with Crippen LogP contribution in [0.5, 0.6) is 0 Å². The highest BCUT2D eigenvalue weighted by Gasteiger charge is 2.27. The maximum atomic E-state index is 11.1. The quantitative estimate of drug-likeness (QED) is 0.806. The first-order chi connectivity index (χ1) is 8.09. The Balaban J connectivity index is 2.25. The lowest BCUT2D eigenvalue weighted by atomic mass is 9.93. The Kier molecular flexibility index (Phi) is 3.12. The summed E-state index contributed by atoms with van der Waals surface area (Å²) < 4.78 is 1.74. The van der Waals surface area contributed by atoms with E-state index in [-0.39, 0.29) is 17.4 Å². The summed E-state index contributed by atoms with van der Waals surface area (Å²) in [7, 11) is 0. The second-order valence-corrected chi connectivity index (χ2v) is 4.25. The van der Waals surface area contributed by atoms with E-state index in [1.807, 2.05) is 0 Å². The average Bonchev–Trinajstić information content (AvgIpc) is 2.70. The molecule has 0 fully saturated rings. The summed E-state index contributed by atoms with van der Waals surface area (Å²) in [6.45, 7) is 2.68. The van der Waals surface area contributed by atoms with E-state index in [1.165, 1.54) is 13.1 Å². The van der Waals surface area contributed by atoms with Crippen LogP contribution in [0.1, 0.15) is 41.7 Å². The van der Waals surface area contributed by atoms with Crippen molar-refractivity contribution in [3.63, 3.8) is 0 Å². The molecule has 92 valence electrons. The highest BCUT2D eigenvalue weighted by atomic mass is 16.4. The molecule has 1 aromatic rings. The number of rotatable bonds is 3. The number of aromatic carboxylic acids is 1. The Morgan fingerprint density at radius 2 is 2.41 bits per heavy atom. The number of carboxylic acids is 1. The summed E-state index contributed by atoms with van der Waals surface area (Å²) in [4.78, 5) is 22.0. The van der Waals surface area contributed by atoms with Crippen molar-refractivity contribution in [2.45, 2.75) is 32.2 Å². The molecule has 0 radical (unpaired) electrons. The molecular formula is C11H15N3O3. The summed E-state index contributed by atoms with van der Waals surface area (Å²) in [6, 6.07) is 0. The van der Waals surface area contributed by atoms with E-state index in [0.29, 0.717) is 6.54 Å². The van der Waals surface area contributed by atoms with Crippen molar-refractivity contribution >= 4 is 11.9 Å². The second kappa shape index (κ2) is 4.57. The van der Waals surface area contributed by atoms with Crippen molar-refractivity contribution in [2.75, 3.05) is 6.54 Å². The number of nitrogens with zero attached hydrogens (tertiary/aromatic N) is 2. The first-order valence-electron chi connectivity index (χ1n) is 5.63. The van der Waals surface area contributed by atoms with E-state index < -0.39 is 5.97 Å². The van der Waals surface area contributed by atoms with Crippen molar-refractivity contribution < 1.29 is 14.7 Å². The summed E-state index contributed by atoms with van der Waals surface area (Å²) in [6.07, 6.45) is 3.23. The third-order valence-corrected chi connectivity index (χ3v) is 3.02. The van der Waals surface area contributed by atoms with E-state index in [4.69, 9.17) is 5.11 Å². The number of aryl methyl sites for hydroxylation is 1. The number of hydrogen-bond donors (Lipinski definition) is 2. The van der Waals surface area contributed by atoms with E-state index in [0.717, 1.165) is 25.1 Å². The van der Waals surface area contributed by atoms with Gasteiger partial charge in [0.1, 0.15) is 5.56 Å². The summed E-state index contributed by atoms with van der Waals surface area (Å²) in [5.41, 5.74) is 0.984. The minimum absolute atomic E-state index is 0.0428. The van der Waals surface area contributed by atoms with Crippen LogP contribution in [0.2, 0.25) is 0 Å². The fourth-order valence-corrected chi connectivity index (χ4v) is 2.26. The normalized spacial score (nSPS) is 18.5. The van der Waals surface area contributed by atoms with Crippen LogP contribution in [-0.4, -0.2) is 33.3 Å². The van der Waals surface area contributed by atoms with Crippen molar-refractivity contribution in [1.82, 2.24) is 15.1 Å². The lowest BCUT2D eigenvalue weighted by Crippen LogP contribution is -2.30. The standard InChI is InChI=1S/C11H15N3O3/c1-7(15)12-5-8-3-2-4-14-10(8)9(6-13-14)11(16)17/h6,8H,2-5H2,1H3,(H,12,15)(H,16,17). The summed E-state index contributed by atoms with van der Waals surface area (Å²) in [5, 5.41) is 15.9. The molecule has 0 saturated heterocycles. The van der Waals surface area contributed by atoms with Gasteiger partial charge >= 0.3 is 5.97 Å². The van der Waals surface area contributed by atoms with Gasteiger partial charge in [0.05, 0.1) is 11.9 Å². The van der Waals surface area contributed by atoms with Crippen molar-refractivity contribution in [1.29, 1.82) is 0 Å². The first-order valence-corrected chi connectivity index (χ1v) is 5.63. The smallest absolute Gasteiger partial charge is 0.339 e. The van der Waals surface area contributed by atoms with Gasteiger partial charge < -0.3 is 10.4 Å². The van der Waals surface area contributed by atoms with Gasteiger partial charge in [-0.15, -0.1) is 0 Å². The first kappa shape index (κ1) is 11.6. The number of carbonyl (C=O) groups excluding carboxylic acids is 1. The molecule has 0 bridgehead atoms. The lowest BCUT2D eigenvalue weighted by molar-refractivity contribution is -0.119. The van der Waals surface area contributed by atoms with Gasteiger partial charge in [0.2, 0.25) is 5.91 Å². The largest absolute Gasteiger partial charge is 0.478 e. The molecule has 6 heteroatoms. The molecule has 2 N–H and O–H groups in total. The van der Waals surface area contributed by atoms with E-state index >= 15 is 0 Å². The van der Waals surface area contributed by atoms with Crippen LogP contribution in [0.4, 0.5) is 0 Å². The number of carboxylic acid groups (broad SMARTS) is 1. The van der Waals surface area contributed by atoms with Crippen LogP contribution in [0.25, 0.3) is 0 Å². The maximum absolute atomic E-state index is 11.1. The van der Waals surface area contributed by atoms with Gasteiger partial charge in [0, 0.05) is 25.9 Å².